The second kappa shape index (κ2) is 5.19. The van der Waals surface area contributed by atoms with E-state index >= 15 is 0 Å². The minimum atomic E-state index is 0.115. The molecule has 3 rings (SSSR count). The first-order valence-corrected chi connectivity index (χ1v) is 7.81. The molecule has 1 aromatic carbocycles. The summed E-state index contributed by atoms with van der Waals surface area (Å²) in [5.74, 6) is 0.115. The van der Waals surface area contributed by atoms with Crippen molar-refractivity contribution in [3.8, 4) is 21.8 Å². The summed E-state index contributed by atoms with van der Waals surface area (Å²) in [5, 5.41) is 10.6. The molecule has 0 atom stereocenters. The number of nitrogens with one attached hydrogen (secondary N) is 1. The van der Waals surface area contributed by atoms with Crippen LogP contribution < -0.4 is 5.73 Å². The summed E-state index contributed by atoms with van der Waals surface area (Å²) in [6.07, 6.45) is 0. The summed E-state index contributed by atoms with van der Waals surface area (Å²) in [6.45, 7) is 2.04. The van der Waals surface area contributed by atoms with E-state index in [1.165, 1.54) is 11.3 Å². The fourth-order valence-corrected chi connectivity index (χ4v) is 3.81. The number of amidine groups is 1. The van der Waals surface area contributed by atoms with Gasteiger partial charge in [0.15, 0.2) is 0 Å². The van der Waals surface area contributed by atoms with Gasteiger partial charge in [0.25, 0.3) is 0 Å². The Balaban J connectivity index is 2.00. The molecule has 0 aliphatic carbocycles. The van der Waals surface area contributed by atoms with Gasteiger partial charge in [-0.1, -0.05) is 30.3 Å². The van der Waals surface area contributed by atoms with Gasteiger partial charge in [0.1, 0.15) is 10.8 Å². The van der Waals surface area contributed by atoms with Crippen molar-refractivity contribution >= 4 is 28.5 Å². The predicted molar refractivity (Wildman–Crippen MR) is 86.6 cm³/mol. The average molecular weight is 299 g/mol. The summed E-state index contributed by atoms with van der Waals surface area (Å²) in [6, 6.07) is 12.1. The molecule has 5 heteroatoms. The molecule has 0 saturated heterocycles. The maximum atomic E-state index is 7.52. The van der Waals surface area contributed by atoms with Crippen LogP contribution in [0.3, 0.4) is 0 Å². The molecule has 0 bridgehead atoms. The lowest BCUT2D eigenvalue weighted by Crippen LogP contribution is -2.08. The van der Waals surface area contributed by atoms with Crippen LogP contribution in [0.2, 0.25) is 0 Å². The fraction of sp³-hybridized carbons (Fsp3) is 0.0667. The SMILES string of the molecule is Cc1sc(C(=N)N)cc1-c1nc(-c2ccccc2)cs1. The number of nitrogen functional groups attached to an aromatic ring is 1. The third-order valence-electron chi connectivity index (χ3n) is 2.99. The van der Waals surface area contributed by atoms with E-state index in [0.717, 1.165) is 31.6 Å². The Kier molecular flexibility index (Phi) is 3.38. The van der Waals surface area contributed by atoms with Crippen LogP contribution >= 0.6 is 22.7 Å². The first kappa shape index (κ1) is 13.0. The van der Waals surface area contributed by atoms with Gasteiger partial charge in [-0.15, -0.1) is 22.7 Å². The average Bonchev–Trinajstić information content (AvgIpc) is 3.06. The van der Waals surface area contributed by atoms with Crippen molar-refractivity contribution in [2.75, 3.05) is 0 Å². The Bertz CT molecular complexity index is 757. The van der Waals surface area contributed by atoms with Crippen molar-refractivity contribution < 1.29 is 0 Å². The molecule has 0 fully saturated rings. The number of nitrogens with zero attached hydrogens (tertiary/aromatic N) is 1. The van der Waals surface area contributed by atoms with Gasteiger partial charge in [0.2, 0.25) is 0 Å². The number of hydrogen-bond donors (Lipinski definition) is 2. The molecule has 3 nitrogen and oxygen atoms in total. The molecule has 20 heavy (non-hydrogen) atoms. The van der Waals surface area contributed by atoms with Gasteiger partial charge in [-0.25, -0.2) is 4.98 Å². The quantitative estimate of drug-likeness (QED) is 0.564. The van der Waals surface area contributed by atoms with Crippen LogP contribution in [0.5, 0.6) is 0 Å². The fourth-order valence-electron chi connectivity index (χ4n) is 1.97. The third kappa shape index (κ3) is 2.37. The highest BCUT2D eigenvalue weighted by Gasteiger charge is 2.13. The van der Waals surface area contributed by atoms with E-state index in [1.807, 2.05) is 31.2 Å². The minimum absolute atomic E-state index is 0.115. The first-order valence-electron chi connectivity index (χ1n) is 6.11. The number of hydrogen-bond acceptors (Lipinski definition) is 4. The number of aromatic nitrogens is 1. The highest BCUT2D eigenvalue weighted by atomic mass is 32.1. The number of rotatable bonds is 3. The number of benzene rings is 1. The van der Waals surface area contributed by atoms with Crippen LogP contribution in [0.1, 0.15) is 9.75 Å². The van der Waals surface area contributed by atoms with Gasteiger partial charge in [0, 0.05) is 21.4 Å². The molecule has 3 N–H and O–H groups in total. The van der Waals surface area contributed by atoms with Gasteiger partial charge in [-0.2, -0.15) is 0 Å². The van der Waals surface area contributed by atoms with E-state index in [1.54, 1.807) is 11.3 Å². The van der Waals surface area contributed by atoms with E-state index in [4.69, 9.17) is 16.1 Å². The minimum Gasteiger partial charge on any atom is -0.383 e. The van der Waals surface area contributed by atoms with Crippen LogP contribution in [0.25, 0.3) is 21.8 Å². The zero-order valence-electron chi connectivity index (χ0n) is 10.9. The summed E-state index contributed by atoms with van der Waals surface area (Å²) in [7, 11) is 0. The number of thiophene rings is 1. The van der Waals surface area contributed by atoms with E-state index in [-0.39, 0.29) is 5.84 Å². The second-order valence-corrected chi connectivity index (χ2v) is 6.51. The molecular formula is C15H13N3S2. The maximum absolute atomic E-state index is 7.52. The highest BCUT2D eigenvalue weighted by molar-refractivity contribution is 7.16. The molecule has 100 valence electrons. The monoisotopic (exact) mass is 299 g/mol. The highest BCUT2D eigenvalue weighted by Crippen LogP contribution is 2.34. The smallest absolute Gasteiger partial charge is 0.133 e. The maximum Gasteiger partial charge on any atom is 0.133 e. The number of aryl methyl sites for hydroxylation is 1. The molecule has 0 radical (unpaired) electrons. The zero-order chi connectivity index (χ0) is 14.1. The molecule has 0 aliphatic rings. The Morgan fingerprint density at radius 2 is 2.00 bits per heavy atom. The molecule has 0 aliphatic heterocycles. The largest absolute Gasteiger partial charge is 0.383 e. The molecule has 2 aromatic heterocycles. The van der Waals surface area contributed by atoms with Crippen molar-refractivity contribution in [1.29, 1.82) is 5.41 Å². The topological polar surface area (TPSA) is 62.8 Å². The lowest BCUT2D eigenvalue weighted by atomic mass is 10.2. The summed E-state index contributed by atoms with van der Waals surface area (Å²) in [5.41, 5.74) is 8.73. The van der Waals surface area contributed by atoms with Gasteiger partial charge in [-0.3, -0.25) is 5.41 Å². The van der Waals surface area contributed by atoms with E-state index in [9.17, 15) is 0 Å². The van der Waals surface area contributed by atoms with Crippen LogP contribution in [-0.4, -0.2) is 10.8 Å². The van der Waals surface area contributed by atoms with E-state index in [0.29, 0.717) is 0 Å². The van der Waals surface area contributed by atoms with Crippen LogP contribution in [0.15, 0.2) is 41.8 Å². The Morgan fingerprint density at radius 3 is 2.65 bits per heavy atom. The number of nitrogens with two attached hydrogens (primary N) is 1. The van der Waals surface area contributed by atoms with Crippen LogP contribution in [0.4, 0.5) is 0 Å². The Labute approximate surface area is 125 Å². The van der Waals surface area contributed by atoms with E-state index in [2.05, 4.69) is 17.5 Å². The lowest BCUT2D eigenvalue weighted by Gasteiger charge is -1.95. The number of thiazole rings is 1. The Hall–Kier alpha value is -1.98. The molecule has 0 amide bonds. The normalized spacial score (nSPS) is 10.7. The first-order chi connectivity index (χ1) is 9.65. The molecule has 0 unspecified atom stereocenters. The van der Waals surface area contributed by atoms with Gasteiger partial charge >= 0.3 is 0 Å². The zero-order valence-corrected chi connectivity index (χ0v) is 12.5. The predicted octanol–water partition coefficient (Wildman–Crippen LogP) is 4.13. The van der Waals surface area contributed by atoms with Crippen molar-refractivity contribution in [3.05, 3.63) is 51.5 Å². The van der Waals surface area contributed by atoms with Gasteiger partial charge in [-0.05, 0) is 13.0 Å². The van der Waals surface area contributed by atoms with Crippen molar-refractivity contribution in [3.63, 3.8) is 0 Å². The molecule has 0 saturated carbocycles. The second-order valence-electron chi connectivity index (χ2n) is 4.40. The molecular weight excluding hydrogens is 286 g/mol. The van der Waals surface area contributed by atoms with Crippen molar-refractivity contribution in [2.45, 2.75) is 6.92 Å². The lowest BCUT2D eigenvalue weighted by molar-refractivity contribution is 1.40. The van der Waals surface area contributed by atoms with E-state index < -0.39 is 0 Å². The molecule has 3 aromatic rings. The van der Waals surface area contributed by atoms with Crippen molar-refractivity contribution in [2.24, 2.45) is 5.73 Å². The summed E-state index contributed by atoms with van der Waals surface area (Å²) >= 11 is 3.16. The Morgan fingerprint density at radius 1 is 1.25 bits per heavy atom. The summed E-state index contributed by atoms with van der Waals surface area (Å²) < 4.78 is 0. The third-order valence-corrected chi connectivity index (χ3v) is 4.95. The molecule has 2 heterocycles. The standard InChI is InChI=1S/C15H13N3S2/c1-9-11(7-13(20-9)14(16)17)15-18-12(8-19-15)10-5-3-2-4-6-10/h2-8H,1H3,(H3,16,17). The van der Waals surface area contributed by atoms with Crippen LogP contribution in [-0.2, 0) is 0 Å². The van der Waals surface area contributed by atoms with Crippen molar-refractivity contribution in [1.82, 2.24) is 4.98 Å². The van der Waals surface area contributed by atoms with Gasteiger partial charge in [0.05, 0.1) is 10.6 Å². The molecule has 0 spiro atoms. The van der Waals surface area contributed by atoms with Crippen LogP contribution in [0, 0.1) is 12.3 Å². The summed E-state index contributed by atoms with van der Waals surface area (Å²) in [4.78, 5) is 6.64. The van der Waals surface area contributed by atoms with Gasteiger partial charge < -0.3 is 5.73 Å².